The van der Waals surface area contributed by atoms with E-state index in [-0.39, 0.29) is 23.7 Å². The van der Waals surface area contributed by atoms with Crippen LogP contribution in [0.5, 0.6) is 0 Å². The summed E-state index contributed by atoms with van der Waals surface area (Å²) in [4.78, 5) is 24.1. The standard InChI is InChI=1S/C19H27NO3/c1-13(2)9-18(23-12-15-7-5-4-6-8-15)19(22)20-17-11-16(21)10-14(17)3/h4-8,13-14,17-18H,9-12H2,1-3H3,(H,20,22)/t14-,17-,18-/m0/s1. The molecule has 3 atom stereocenters. The fraction of sp³-hybridized carbons (Fsp3) is 0.579. The van der Waals surface area contributed by atoms with E-state index in [4.69, 9.17) is 4.74 Å². The summed E-state index contributed by atoms with van der Waals surface area (Å²) >= 11 is 0. The maximum Gasteiger partial charge on any atom is 0.249 e. The number of hydrogen-bond acceptors (Lipinski definition) is 3. The molecule has 1 aromatic rings. The summed E-state index contributed by atoms with van der Waals surface area (Å²) in [5, 5.41) is 3.02. The van der Waals surface area contributed by atoms with Gasteiger partial charge in [0.15, 0.2) is 0 Å². The van der Waals surface area contributed by atoms with Gasteiger partial charge in [-0.1, -0.05) is 51.1 Å². The van der Waals surface area contributed by atoms with Gasteiger partial charge in [0.25, 0.3) is 0 Å². The van der Waals surface area contributed by atoms with Gasteiger partial charge >= 0.3 is 0 Å². The molecule has 0 spiro atoms. The van der Waals surface area contributed by atoms with Crippen molar-refractivity contribution in [3.63, 3.8) is 0 Å². The van der Waals surface area contributed by atoms with Crippen molar-refractivity contribution in [2.24, 2.45) is 11.8 Å². The van der Waals surface area contributed by atoms with Crippen molar-refractivity contribution in [3.05, 3.63) is 35.9 Å². The zero-order valence-electron chi connectivity index (χ0n) is 14.2. The third kappa shape index (κ3) is 5.47. The Labute approximate surface area is 138 Å². The molecular weight excluding hydrogens is 290 g/mol. The Hall–Kier alpha value is -1.68. The van der Waals surface area contributed by atoms with E-state index in [1.807, 2.05) is 37.3 Å². The molecule has 4 heteroatoms. The van der Waals surface area contributed by atoms with E-state index < -0.39 is 6.10 Å². The first-order valence-electron chi connectivity index (χ1n) is 8.43. The van der Waals surface area contributed by atoms with Crippen LogP contribution >= 0.6 is 0 Å². The topological polar surface area (TPSA) is 55.4 Å². The van der Waals surface area contributed by atoms with Crippen LogP contribution in [0.3, 0.4) is 0 Å². The zero-order chi connectivity index (χ0) is 16.8. The van der Waals surface area contributed by atoms with Gasteiger partial charge in [-0.15, -0.1) is 0 Å². The highest BCUT2D eigenvalue weighted by Crippen LogP contribution is 2.22. The van der Waals surface area contributed by atoms with Gasteiger partial charge < -0.3 is 10.1 Å². The van der Waals surface area contributed by atoms with Crippen molar-refractivity contribution in [3.8, 4) is 0 Å². The summed E-state index contributed by atoms with van der Waals surface area (Å²) in [6, 6.07) is 9.80. The first kappa shape index (κ1) is 17.7. The van der Waals surface area contributed by atoms with Crippen molar-refractivity contribution >= 4 is 11.7 Å². The maximum atomic E-state index is 12.6. The van der Waals surface area contributed by atoms with Gasteiger partial charge in [-0.25, -0.2) is 0 Å². The van der Waals surface area contributed by atoms with E-state index in [0.717, 1.165) is 5.56 Å². The van der Waals surface area contributed by atoms with Gasteiger partial charge in [-0.05, 0) is 23.8 Å². The molecule has 1 N–H and O–H groups in total. The highest BCUT2D eigenvalue weighted by atomic mass is 16.5. The van der Waals surface area contributed by atoms with E-state index in [0.29, 0.717) is 31.8 Å². The first-order chi connectivity index (χ1) is 11.0. The van der Waals surface area contributed by atoms with Crippen LogP contribution in [0.25, 0.3) is 0 Å². The van der Waals surface area contributed by atoms with Gasteiger partial charge in [-0.3, -0.25) is 9.59 Å². The molecule has 23 heavy (non-hydrogen) atoms. The predicted molar refractivity (Wildman–Crippen MR) is 89.8 cm³/mol. The summed E-state index contributed by atoms with van der Waals surface area (Å²) in [5.74, 6) is 0.707. The summed E-state index contributed by atoms with van der Waals surface area (Å²) in [6.45, 7) is 6.59. The van der Waals surface area contributed by atoms with Gasteiger partial charge in [0.2, 0.25) is 5.91 Å². The van der Waals surface area contributed by atoms with E-state index >= 15 is 0 Å². The molecule has 1 aliphatic carbocycles. The Morgan fingerprint density at radius 3 is 2.52 bits per heavy atom. The van der Waals surface area contributed by atoms with Gasteiger partial charge in [0.1, 0.15) is 11.9 Å². The van der Waals surface area contributed by atoms with Gasteiger partial charge in [0.05, 0.1) is 6.61 Å². The number of rotatable bonds is 7. The summed E-state index contributed by atoms with van der Waals surface area (Å²) < 4.78 is 5.88. The first-order valence-corrected chi connectivity index (χ1v) is 8.43. The minimum atomic E-state index is -0.474. The SMILES string of the molecule is CC(C)C[C@H](OCc1ccccc1)C(=O)N[C@H]1CC(=O)C[C@@H]1C. The number of carbonyl (C=O) groups is 2. The van der Waals surface area contributed by atoms with E-state index in [2.05, 4.69) is 19.2 Å². The van der Waals surface area contributed by atoms with Crippen LogP contribution in [0.15, 0.2) is 30.3 Å². The molecule has 1 fully saturated rings. The Bertz CT molecular complexity index is 527. The van der Waals surface area contributed by atoms with Crippen molar-refractivity contribution in [2.45, 2.75) is 58.8 Å². The van der Waals surface area contributed by atoms with E-state index in [9.17, 15) is 9.59 Å². The molecule has 0 aromatic heterocycles. The smallest absolute Gasteiger partial charge is 0.249 e. The molecule has 126 valence electrons. The number of amides is 1. The number of ether oxygens (including phenoxy) is 1. The lowest BCUT2D eigenvalue weighted by atomic mass is 10.0. The number of hydrogen-bond donors (Lipinski definition) is 1. The van der Waals surface area contributed by atoms with Gasteiger partial charge in [-0.2, -0.15) is 0 Å². The van der Waals surface area contributed by atoms with Crippen LogP contribution in [0.2, 0.25) is 0 Å². The molecule has 1 aromatic carbocycles. The second-order valence-corrected chi connectivity index (χ2v) is 6.95. The number of benzene rings is 1. The Balaban J connectivity index is 1.93. The lowest BCUT2D eigenvalue weighted by Gasteiger charge is -2.23. The third-order valence-corrected chi connectivity index (χ3v) is 4.28. The second-order valence-electron chi connectivity index (χ2n) is 6.95. The minimum Gasteiger partial charge on any atom is -0.364 e. The fourth-order valence-electron chi connectivity index (χ4n) is 2.95. The maximum absolute atomic E-state index is 12.6. The van der Waals surface area contributed by atoms with Crippen LogP contribution in [-0.2, 0) is 20.9 Å². The quantitative estimate of drug-likeness (QED) is 0.841. The largest absolute Gasteiger partial charge is 0.364 e. The van der Waals surface area contributed by atoms with E-state index in [1.165, 1.54) is 0 Å². The van der Waals surface area contributed by atoms with Crippen LogP contribution in [0.4, 0.5) is 0 Å². The zero-order valence-corrected chi connectivity index (χ0v) is 14.2. The highest BCUT2D eigenvalue weighted by molar-refractivity contribution is 5.85. The number of carbonyl (C=O) groups excluding carboxylic acids is 2. The number of nitrogens with one attached hydrogen (secondary N) is 1. The highest BCUT2D eigenvalue weighted by Gasteiger charge is 2.32. The molecule has 0 radical (unpaired) electrons. The van der Waals surface area contributed by atoms with Crippen molar-refractivity contribution < 1.29 is 14.3 Å². The van der Waals surface area contributed by atoms with Crippen molar-refractivity contribution in [2.75, 3.05) is 0 Å². The second kappa shape index (κ2) is 8.25. The third-order valence-electron chi connectivity index (χ3n) is 4.28. The van der Waals surface area contributed by atoms with Crippen molar-refractivity contribution in [1.29, 1.82) is 0 Å². The van der Waals surface area contributed by atoms with Crippen LogP contribution < -0.4 is 5.32 Å². The number of Topliss-reactive ketones (excluding diaryl/α,β-unsaturated/α-hetero) is 1. The Morgan fingerprint density at radius 2 is 1.96 bits per heavy atom. The summed E-state index contributed by atoms with van der Waals surface area (Å²) in [5.41, 5.74) is 1.05. The molecule has 0 bridgehead atoms. The fourth-order valence-corrected chi connectivity index (χ4v) is 2.95. The molecule has 1 aliphatic rings. The summed E-state index contributed by atoms with van der Waals surface area (Å²) in [6.07, 6.45) is 1.20. The average Bonchev–Trinajstić information content (AvgIpc) is 2.82. The molecule has 2 rings (SSSR count). The Kier molecular flexibility index (Phi) is 6.34. The van der Waals surface area contributed by atoms with Crippen LogP contribution in [-0.4, -0.2) is 23.8 Å². The van der Waals surface area contributed by atoms with E-state index in [1.54, 1.807) is 0 Å². The molecule has 4 nitrogen and oxygen atoms in total. The summed E-state index contributed by atoms with van der Waals surface area (Å²) in [7, 11) is 0. The molecule has 0 aliphatic heterocycles. The minimum absolute atomic E-state index is 0.0509. The molecule has 0 heterocycles. The lowest BCUT2D eigenvalue weighted by Crippen LogP contribution is -2.44. The number of ketones is 1. The monoisotopic (exact) mass is 317 g/mol. The molecular formula is C19H27NO3. The normalized spacial score (nSPS) is 22.3. The lowest BCUT2D eigenvalue weighted by molar-refractivity contribution is -0.135. The van der Waals surface area contributed by atoms with Crippen molar-refractivity contribution in [1.82, 2.24) is 5.32 Å². The molecule has 1 amide bonds. The van der Waals surface area contributed by atoms with Gasteiger partial charge in [0, 0.05) is 18.9 Å². The molecule has 1 saturated carbocycles. The van der Waals surface area contributed by atoms with Crippen LogP contribution in [0.1, 0.15) is 45.6 Å². The predicted octanol–water partition coefficient (Wildman–Crippen LogP) is 3.10. The molecule has 0 unspecified atom stereocenters. The molecule has 0 saturated heterocycles. The Morgan fingerprint density at radius 1 is 1.26 bits per heavy atom. The van der Waals surface area contributed by atoms with Crippen LogP contribution in [0, 0.1) is 11.8 Å². The average molecular weight is 317 g/mol.